The monoisotopic (exact) mass is 569 g/mol. The third-order valence-electron chi connectivity index (χ3n) is 7.21. The molecule has 38 heavy (non-hydrogen) atoms. The van der Waals surface area contributed by atoms with Gasteiger partial charge in [-0.05, 0) is 55.7 Å². The van der Waals surface area contributed by atoms with Gasteiger partial charge in [0.2, 0.25) is 5.91 Å². The molecular weight excluding hydrogens is 539 g/mol. The van der Waals surface area contributed by atoms with Crippen LogP contribution in [0.15, 0.2) is 40.9 Å². The Kier molecular flexibility index (Phi) is 7.91. The van der Waals surface area contributed by atoms with E-state index < -0.39 is 58.2 Å². The minimum atomic E-state index is -5.00. The van der Waals surface area contributed by atoms with Crippen molar-refractivity contribution in [1.82, 2.24) is 9.97 Å². The number of allylic oxidation sites excluding steroid dienone is 1. The van der Waals surface area contributed by atoms with E-state index in [1.54, 1.807) is 13.8 Å². The van der Waals surface area contributed by atoms with Crippen LogP contribution in [0.4, 0.5) is 8.78 Å². The van der Waals surface area contributed by atoms with Crippen molar-refractivity contribution in [3.63, 3.8) is 0 Å². The first-order valence-electron chi connectivity index (χ1n) is 12.4. The van der Waals surface area contributed by atoms with Gasteiger partial charge >= 0.3 is 7.60 Å². The van der Waals surface area contributed by atoms with E-state index >= 15 is 4.39 Å². The molecule has 0 saturated heterocycles. The molecule has 4 atom stereocenters. The predicted octanol–water partition coefficient (Wildman–Crippen LogP) is 2.91. The number of sulfone groups is 1. The zero-order valence-electron chi connectivity index (χ0n) is 20.9. The van der Waals surface area contributed by atoms with Crippen molar-refractivity contribution < 1.29 is 36.3 Å². The summed E-state index contributed by atoms with van der Waals surface area (Å²) >= 11 is 0. The summed E-state index contributed by atoms with van der Waals surface area (Å²) < 4.78 is 67.7. The van der Waals surface area contributed by atoms with Crippen LogP contribution in [0.1, 0.15) is 62.4 Å². The fourth-order valence-corrected chi connectivity index (χ4v) is 7.58. The van der Waals surface area contributed by atoms with Crippen molar-refractivity contribution in [3.8, 4) is 0 Å². The van der Waals surface area contributed by atoms with Crippen LogP contribution in [0.2, 0.25) is 0 Å². The highest BCUT2D eigenvalue weighted by molar-refractivity contribution is 7.92. The first-order chi connectivity index (χ1) is 17.8. The van der Waals surface area contributed by atoms with Gasteiger partial charge in [-0.15, -0.1) is 0 Å². The van der Waals surface area contributed by atoms with Crippen molar-refractivity contribution in [3.05, 3.63) is 53.0 Å². The second kappa shape index (κ2) is 10.6. The summed E-state index contributed by atoms with van der Waals surface area (Å²) in [5.41, 5.74) is 5.57. The Morgan fingerprint density at radius 3 is 2.29 bits per heavy atom. The van der Waals surface area contributed by atoms with E-state index in [0.29, 0.717) is 30.5 Å². The molecule has 0 radical (unpaired) electrons. The number of hydrogen-bond acceptors (Lipinski definition) is 6. The SMILES string of the molecule is CCC(=C(C(N)=O)c1ccc(S(=O)(=O)C2CC2)cc1)[C@H]1C[C@@H](F)[C@@H](F)C1c1nc(CC)cnc1P(=O)(O)O. The first-order valence-corrected chi connectivity index (χ1v) is 15.5. The standard InChI is InChI=1S/C25H30F2N3O6PS/c1-3-14-12-29-25(37(32,33)34)23(30-14)21-18(11-19(26)22(21)27)17(4-2)20(24(28)31)13-5-7-15(8-6-13)38(35,36)16-9-10-16/h5-8,12,16,18-19,21-22H,3-4,9-11H2,1-2H3,(H2,28,31)(H2,32,33,34)/t18-,19-,21?,22-/m1/s1. The average molecular weight is 570 g/mol. The van der Waals surface area contributed by atoms with Crippen molar-refractivity contribution in [2.75, 3.05) is 0 Å². The predicted molar refractivity (Wildman–Crippen MR) is 137 cm³/mol. The third kappa shape index (κ3) is 5.32. The van der Waals surface area contributed by atoms with Crippen molar-refractivity contribution in [1.29, 1.82) is 0 Å². The summed E-state index contributed by atoms with van der Waals surface area (Å²) in [5.74, 6) is -3.31. The number of rotatable bonds is 9. The fourth-order valence-electron chi connectivity index (χ4n) is 5.21. The maximum absolute atomic E-state index is 15.4. The molecule has 1 unspecified atom stereocenters. The van der Waals surface area contributed by atoms with Gasteiger partial charge in [0.25, 0.3) is 0 Å². The number of aryl methyl sites for hydroxylation is 1. The molecule has 2 fully saturated rings. The normalized spacial score (nSPS) is 24.8. The van der Waals surface area contributed by atoms with Gasteiger partial charge in [0, 0.05) is 17.7 Å². The van der Waals surface area contributed by atoms with Crippen molar-refractivity contribution in [2.45, 2.75) is 74.4 Å². The Bertz CT molecular complexity index is 1420. The van der Waals surface area contributed by atoms with E-state index in [4.69, 9.17) is 5.73 Å². The Morgan fingerprint density at radius 2 is 1.79 bits per heavy atom. The molecule has 0 bridgehead atoms. The number of primary amides is 1. The Labute approximate surface area is 219 Å². The Morgan fingerprint density at radius 1 is 1.16 bits per heavy atom. The van der Waals surface area contributed by atoms with Crippen LogP contribution in [-0.4, -0.2) is 51.7 Å². The van der Waals surface area contributed by atoms with Gasteiger partial charge in [-0.1, -0.05) is 31.6 Å². The highest BCUT2D eigenvalue weighted by Crippen LogP contribution is 2.50. The number of carbonyl (C=O) groups excluding carboxylic acids is 1. The van der Waals surface area contributed by atoms with E-state index in [0.717, 1.165) is 0 Å². The second-order valence-electron chi connectivity index (χ2n) is 9.68. The lowest BCUT2D eigenvalue weighted by atomic mass is 9.80. The molecule has 206 valence electrons. The molecule has 2 aromatic rings. The van der Waals surface area contributed by atoms with Crippen LogP contribution >= 0.6 is 7.60 Å². The molecule has 1 aromatic carbocycles. The molecule has 0 aliphatic heterocycles. The lowest BCUT2D eigenvalue weighted by molar-refractivity contribution is -0.112. The number of hydrogen-bond donors (Lipinski definition) is 3. The van der Waals surface area contributed by atoms with E-state index in [2.05, 4.69) is 9.97 Å². The largest absolute Gasteiger partial charge is 0.376 e. The minimum Gasteiger partial charge on any atom is -0.366 e. The zero-order valence-corrected chi connectivity index (χ0v) is 22.6. The minimum absolute atomic E-state index is 0.0171. The summed E-state index contributed by atoms with van der Waals surface area (Å²) in [7, 11) is -8.48. The molecule has 2 aliphatic carbocycles. The topological polar surface area (TPSA) is 161 Å². The lowest BCUT2D eigenvalue weighted by Crippen LogP contribution is -2.29. The van der Waals surface area contributed by atoms with E-state index in [-0.39, 0.29) is 34.6 Å². The van der Waals surface area contributed by atoms with Crippen LogP contribution in [0.5, 0.6) is 0 Å². The van der Waals surface area contributed by atoms with Gasteiger partial charge in [0.1, 0.15) is 12.3 Å². The fraction of sp³-hybridized carbons (Fsp3) is 0.480. The maximum Gasteiger partial charge on any atom is 0.376 e. The quantitative estimate of drug-likeness (QED) is 0.307. The summed E-state index contributed by atoms with van der Waals surface area (Å²) in [5, 5.41) is -0.420. The molecular formula is C25H30F2N3O6PS. The molecule has 1 heterocycles. The number of carbonyl (C=O) groups is 1. The number of benzene rings is 1. The Balaban J connectivity index is 1.87. The van der Waals surface area contributed by atoms with Crippen molar-refractivity contribution in [2.24, 2.45) is 11.7 Å². The van der Waals surface area contributed by atoms with Crippen molar-refractivity contribution >= 4 is 34.3 Å². The molecule has 2 saturated carbocycles. The van der Waals surface area contributed by atoms with Crippen LogP contribution in [0.25, 0.3) is 5.57 Å². The number of nitrogens with two attached hydrogens (primary N) is 1. The number of aromatic nitrogens is 2. The first kappa shape index (κ1) is 28.5. The lowest BCUT2D eigenvalue weighted by Gasteiger charge is -2.26. The highest BCUT2D eigenvalue weighted by Gasteiger charge is 2.50. The molecule has 13 heteroatoms. The zero-order chi connectivity index (χ0) is 28.0. The van der Waals surface area contributed by atoms with Gasteiger partial charge < -0.3 is 15.5 Å². The number of nitrogens with zero attached hydrogens (tertiary/aromatic N) is 2. The molecule has 9 nitrogen and oxygen atoms in total. The summed E-state index contributed by atoms with van der Waals surface area (Å²) in [6.07, 6.45) is -1.65. The van der Waals surface area contributed by atoms with E-state index in [1.165, 1.54) is 30.5 Å². The molecule has 4 N–H and O–H groups in total. The van der Waals surface area contributed by atoms with Gasteiger partial charge in [0.15, 0.2) is 15.3 Å². The van der Waals surface area contributed by atoms with Crippen LogP contribution in [0.3, 0.4) is 0 Å². The number of alkyl halides is 2. The summed E-state index contributed by atoms with van der Waals surface area (Å²) in [6, 6.07) is 5.63. The van der Waals surface area contributed by atoms with Gasteiger partial charge in [-0.25, -0.2) is 22.2 Å². The molecule has 4 rings (SSSR count). The summed E-state index contributed by atoms with van der Waals surface area (Å²) in [4.78, 5) is 40.7. The smallest absolute Gasteiger partial charge is 0.366 e. The van der Waals surface area contributed by atoms with Gasteiger partial charge in [0.05, 0.1) is 21.5 Å². The maximum atomic E-state index is 15.4. The average Bonchev–Trinajstić information content (AvgIpc) is 3.68. The molecule has 1 amide bonds. The molecule has 1 aromatic heterocycles. The molecule has 0 spiro atoms. The van der Waals surface area contributed by atoms with Gasteiger partial charge in [-0.3, -0.25) is 14.3 Å². The van der Waals surface area contributed by atoms with Crippen LogP contribution < -0.4 is 11.2 Å². The highest BCUT2D eigenvalue weighted by atomic mass is 32.2. The second-order valence-corrected chi connectivity index (χ2v) is 13.4. The van der Waals surface area contributed by atoms with Gasteiger partial charge in [-0.2, -0.15) is 0 Å². The molecule has 2 aliphatic rings. The number of halogens is 2. The number of amides is 1. The Hall–Kier alpha value is -2.53. The summed E-state index contributed by atoms with van der Waals surface area (Å²) in [6.45, 7) is 3.41. The van der Waals surface area contributed by atoms with Crippen LogP contribution in [0, 0.1) is 5.92 Å². The van der Waals surface area contributed by atoms with Crippen LogP contribution in [-0.2, 0) is 25.6 Å². The van der Waals surface area contributed by atoms with E-state index in [9.17, 15) is 32.0 Å². The van der Waals surface area contributed by atoms with E-state index in [1.807, 2.05) is 0 Å². The third-order valence-corrected chi connectivity index (χ3v) is 10.4.